The van der Waals surface area contributed by atoms with Gasteiger partial charge in [0.1, 0.15) is 5.54 Å². The van der Waals surface area contributed by atoms with Crippen LogP contribution in [0.1, 0.15) is 19.3 Å². The number of anilines is 1. The molecule has 0 saturated carbocycles. The molecule has 1 N–H and O–H groups in total. The zero-order valence-electron chi connectivity index (χ0n) is 10.5. The van der Waals surface area contributed by atoms with Crippen LogP contribution in [0, 0.1) is 11.3 Å². The molecule has 3 rings (SSSR count). The van der Waals surface area contributed by atoms with Crippen molar-refractivity contribution < 1.29 is 0 Å². The Morgan fingerprint density at radius 2 is 2.32 bits per heavy atom. The summed E-state index contributed by atoms with van der Waals surface area (Å²) in [6.07, 6.45) is 3.18. The van der Waals surface area contributed by atoms with Gasteiger partial charge in [-0.2, -0.15) is 5.26 Å². The highest BCUT2D eigenvalue weighted by Gasteiger charge is 2.49. The molecule has 100 valence electrons. The number of nitrogens with one attached hydrogen (secondary N) is 1. The van der Waals surface area contributed by atoms with Crippen LogP contribution in [0.25, 0.3) is 0 Å². The molecule has 0 radical (unpaired) electrons. The summed E-state index contributed by atoms with van der Waals surface area (Å²) in [5.74, 6) is 0. The summed E-state index contributed by atoms with van der Waals surface area (Å²) in [6.45, 7) is 2.14. The summed E-state index contributed by atoms with van der Waals surface area (Å²) in [7, 11) is 0. The summed E-state index contributed by atoms with van der Waals surface area (Å²) in [6, 6.07) is 8.60. The molecular formula is C14H15BrClN3. The van der Waals surface area contributed by atoms with Crippen molar-refractivity contribution in [3.63, 3.8) is 0 Å². The van der Waals surface area contributed by atoms with Crippen LogP contribution in [-0.2, 0) is 0 Å². The summed E-state index contributed by atoms with van der Waals surface area (Å²) >= 11 is 9.43. The first-order chi connectivity index (χ1) is 9.14. The minimum Gasteiger partial charge on any atom is -0.366 e. The van der Waals surface area contributed by atoms with Gasteiger partial charge in [-0.3, -0.25) is 4.90 Å². The number of nitrogens with zero attached hydrogens (tertiary/aromatic N) is 2. The second kappa shape index (κ2) is 4.97. The highest BCUT2D eigenvalue weighted by atomic mass is 79.9. The monoisotopic (exact) mass is 339 g/mol. The molecule has 2 saturated heterocycles. The Bertz CT molecular complexity index is 542. The molecule has 0 spiro atoms. The molecule has 0 amide bonds. The van der Waals surface area contributed by atoms with Crippen LogP contribution in [-0.4, -0.2) is 29.6 Å². The molecule has 0 aromatic heterocycles. The van der Waals surface area contributed by atoms with E-state index in [0.717, 1.165) is 36.1 Å². The molecule has 2 aliphatic heterocycles. The van der Waals surface area contributed by atoms with Crippen LogP contribution in [0.2, 0.25) is 5.02 Å². The van der Waals surface area contributed by atoms with Gasteiger partial charge in [0.05, 0.1) is 11.1 Å². The molecule has 2 aliphatic rings. The van der Waals surface area contributed by atoms with E-state index >= 15 is 0 Å². The molecule has 0 bridgehead atoms. The molecular weight excluding hydrogens is 326 g/mol. The van der Waals surface area contributed by atoms with E-state index < -0.39 is 5.54 Å². The van der Waals surface area contributed by atoms with Gasteiger partial charge in [-0.15, -0.1) is 0 Å². The Morgan fingerprint density at radius 1 is 1.47 bits per heavy atom. The fourth-order valence-electron chi connectivity index (χ4n) is 3.27. The van der Waals surface area contributed by atoms with E-state index in [9.17, 15) is 5.26 Å². The normalized spacial score (nSPS) is 30.1. The Hall–Kier alpha value is -0.760. The van der Waals surface area contributed by atoms with Gasteiger partial charge in [-0.25, -0.2) is 0 Å². The van der Waals surface area contributed by atoms with Gasteiger partial charge in [0.25, 0.3) is 0 Å². The molecule has 1 aromatic carbocycles. The molecule has 2 atom stereocenters. The number of benzene rings is 1. The number of halogens is 2. The van der Waals surface area contributed by atoms with Crippen LogP contribution in [0.5, 0.6) is 0 Å². The number of nitriles is 1. The Morgan fingerprint density at radius 3 is 3.05 bits per heavy atom. The SMILES string of the molecule is N#CC1(Nc2ccc(Cl)c(Br)c2)CCN2CCCC21. The standard InChI is InChI=1S/C14H15BrClN3/c15-11-8-10(3-4-12(11)16)18-14(9-17)5-7-19-6-1-2-13(14)19/h3-4,8,13,18H,1-2,5-7H2. The first-order valence-corrected chi connectivity index (χ1v) is 7.70. The van der Waals surface area contributed by atoms with Crippen LogP contribution >= 0.6 is 27.5 Å². The zero-order valence-corrected chi connectivity index (χ0v) is 12.8. The van der Waals surface area contributed by atoms with Gasteiger partial charge in [-0.1, -0.05) is 11.6 Å². The van der Waals surface area contributed by atoms with Crippen molar-refractivity contribution in [1.82, 2.24) is 4.90 Å². The lowest BCUT2D eigenvalue weighted by Crippen LogP contribution is -2.46. The average Bonchev–Trinajstić information content (AvgIpc) is 2.98. The smallest absolute Gasteiger partial charge is 0.142 e. The second-order valence-corrected chi connectivity index (χ2v) is 6.54. The van der Waals surface area contributed by atoms with E-state index in [1.165, 1.54) is 6.42 Å². The molecule has 5 heteroatoms. The first-order valence-electron chi connectivity index (χ1n) is 6.53. The van der Waals surface area contributed by atoms with Gasteiger partial charge in [0.15, 0.2) is 0 Å². The summed E-state index contributed by atoms with van der Waals surface area (Å²) in [4.78, 5) is 2.43. The van der Waals surface area contributed by atoms with Crippen molar-refractivity contribution >= 4 is 33.2 Å². The average molecular weight is 341 g/mol. The number of hydrogen-bond acceptors (Lipinski definition) is 3. The van der Waals surface area contributed by atoms with Gasteiger partial charge in [-0.05, 0) is 59.9 Å². The quantitative estimate of drug-likeness (QED) is 0.893. The Kier molecular flexibility index (Phi) is 3.46. The number of hydrogen-bond donors (Lipinski definition) is 1. The summed E-state index contributed by atoms with van der Waals surface area (Å²) in [5.41, 5.74) is 0.496. The van der Waals surface area contributed by atoms with Crippen molar-refractivity contribution in [1.29, 1.82) is 5.26 Å². The maximum Gasteiger partial charge on any atom is 0.142 e. The maximum absolute atomic E-state index is 9.67. The largest absolute Gasteiger partial charge is 0.366 e. The highest BCUT2D eigenvalue weighted by molar-refractivity contribution is 9.10. The fraction of sp³-hybridized carbons (Fsp3) is 0.500. The van der Waals surface area contributed by atoms with E-state index in [-0.39, 0.29) is 0 Å². The van der Waals surface area contributed by atoms with E-state index in [0.29, 0.717) is 11.1 Å². The number of fused-ring (bicyclic) bond motifs is 1. The predicted octanol–water partition coefficient (Wildman–Crippen LogP) is 3.64. The maximum atomic E-state index is 9.67. The Balaban J connectivity index is 1.87. The van der Waals surface area contributed by atoms with Crippen molar-refractivity contribution in [2.45, 2.75) is 30.8 Å². The van der Waals surface area contributed by atoms with Gasteiger partial charge in [0, 0.05) is 22.7 Å². The van der Waals surface area contributed by atoms with Crippen LogP contribution in [0.15, 0.2) is 22.7 Å². The number of rotatable bonds is 2. The summed E-state index contributed by atoms with van der Waals surface area (Å²) < 4.78 is 0.855. The minimum absolute atomic E-state index is 0.340. The molecule has 3 nitrogen and oxygen atoms in total. The predicted molar refractivity (Wildman–Crippen MR) is 80.3 cm³/mol. The molecule has 19 heavy (non-hydrogen) atoms. The van der Waals surface area contributed by atoms with E-state index in [1.54, 1.807) is 0 Å². The van der Waals surface area contributed by atoms with Gasteiger partial charge in [0.2, 0.25) is 0 Å². The second-order valence-electron chi connectivity index (χ2n) is 5.28. The van der Waals surface area contributed by atoms with Crippen molar-refractivity contribution in [2.24, 2.45) is 0 Å². The third kappa shape index (κ3) is 2.24. The van der Waals surface area contributed by atoms with Gasteiger partial charge < -0.3 is 5.32 Å². The molecule has 2 unspecified atom stereocenters. The lowest BCUT2D eigenvalue weighted by Gasteiger charge is -2.30. The third-order valence-corrected chi connectivity index (χ3v) is 5.43. The van der Waals surface area contributed by atoms with Gasteiger partial charge >= 0.3 is 0 Å². The van der Waals surface area contributed by atoms with E-state index in [2.05, 4.69) is 32.2 Å². The highest BCUT2D eigenvalue weighted by Crippen LogP contribution is 2.38. The summed E-state index contributed by atoms with van der Waals surface area (Å²) in [5, 5.41) is 13.8. The van der Waals surface area contributed by atoms with Crippen molar-refractivity contribution in [2.75, 3.05) is 18.4 Å². The lowest BCUT2D eigenvalue weighted by atomic mass is 9.90. The van der Waals surface area contributed by atoms with Crippen molar-refractivity contribution in [3.05, 3.63) is 27.7 Å². The van der Waals surface area contributed by atoms with Crippen LogP contribution < -0.4 is 5.32 Å². The van der Waals surface area contributed by atoms with Crippen LogP contribution in [0.4, 0.5) is 5.69 Å². The third-order valence-electron chi connectivity index (χ3n) is 4.21. The molecule has 2 heterocycles. The molecule has 0 aliphatic carbocycles. The Labute approximate surface area is 126 Å². The van der Waals surface area contributed by atoms with E-state index in [4.69, 9.17) is 11.6 Å². The first kappa shape index (κ1) is 13.2. The van der Waals surface area contributed by atoms with Crippen molar-refractivity contribution in [3.8, 4) is 6.07 Å². The zero-order chi connectivity index (χ0) is 13.5. The fourth-order valence-corrected chi connectivity index (χ4v) is 3.77. The van der Waals surface area contributed by atoms with E-state index in [1.807, 2.05) is 18.2 Å². The molecule has 1 aromatic rings. The van der Waals surface area contributed by atoms with Crippen LogP contribution in [0.3, 0.4) is 0 Å². The minimum atomic E-state index is -0.455. The lowest BCUT2D eigenvalue weighted by molar-refractivity contribution is 0.301. The molecule has 2 fully saturated rings. The topological polar surface area (TPSA) is 39.1 Å².